The molecule has 5 heteroatoms. The Bertz CT molecular complexity index is 3560. The maximum atomic E-state index is 5.07. The first-order valence-corrected chi connectivity index (χ1v) is 20.3. The van der Waals surface area contributed by atoms with Crippen molar-refractivity contribution in [1.82, 2.24) is 24.1 Å². The summed E-state index contributed by atoms with van der Waals surface area (Å²) in [5.74, 6) is 1.94. The van der Waals surface area contributed by atoms with E-state index in [0.717, 1.165) is 50.0 Å². The first kappa shape index (κ1) is 33.9. The van der Waals surface area contributed by atoms with Crippen LogP contribution in [0.4, 0.5) is 0 Å². The Balaban J connectivity index is 0.941. The van der Waals surface area contributed by atoms with Gasteiger partial charge >= 0.3 is 0 Å². The number of nitrogens with zero attached hydrogens (tertiary/aromatic N) is 5. The van der Waals surface area contributed by atoms with Crippen LogP contribution in [0.25, 0.3) is 111 Å². The van der Waals surface area contributed by atoms with Crippen LogP contribution < -0.4 is 0 Å². The molecule has 3 heterocycles. The van der Waals surface area contributed by atoms with E-state index in [9.17, 15) is 0 Å². The third kappa shape index (κ3) is 5.52. The molecule has 0 spiro atoms. The number of hydrogen-bond donors (Lipinski definition) is 0. The fourth-order valence-corrected chi connectivity index (χ4v) is 8.94. The van der Waals surface area contributed by atoms with Gasteiger partial charge in [-0.25, -0.2) is 15.0 Å². The van der Waals surface area contributed by atoms with Crippen LogP contribution in [-0.2, 0) is 0 Å². The number of para-hydroxylation sites is 3. The van der Waals surface area contributed by atoms with E-state index >= 15 is 0 Å². The number of aromatic nitrogens is 5. The molecule has 3 aromatic heterocycles. The van der Waals surface area contributed by atoms with Gasteiger partial charge < -0.3 is 9.13 Å². The van der Waals surface area contributed by atoms with Gasteiger partial charge in [0.25, 0.3) is 0 Å². The van der Waals surface area contributed by atoms with Crippen molar-refractivity contribution in [2.75, 3.05) is 0 Å². The summed E-state index contributed by atoms with van der Waals surface area (Å²) in [5, 5.41) is 7.24. The Hall–Kier alpha value is -8.15. The van der Waals surface area contributed by atoms with Gasteiger partial charge in [-0.15, -0.1) is 0 Å². The summed E-state index contributed by atoms with van der Waals surface area (Å²) in [5.41, 5.74) is 12.1. The van der Waals surface area contributed by atoms with E-state index in [-0.39, 0.29) is 0 Å². The topological polar surface area (TPSA) is 48.5 Å². The van der Waals surface area contributed by atoms with Gasteiger partial charge in [0.2, 0.25) is 0 Å². The second kappa shape index (κ2) is 13.8. The lowest BCUT2D eigenvalue weighted by atomic mass is 10.0. The molecule has 9 aromatic carbocycles. The molecule has 12 aromatic rings. The van der Waals surface area contributed by atoms with Crippen molar-refractivity contribution in [3.05, 3.63) is 212 Å². The molecule has 0 fully saturated rings. The average molecular weight is 766 g/mol. The summed E-state index contributed by atoms with van der Waals surface area (Å²) in [7, 11) is 0. The van der Waals surface area contributed by atoms with Crippen LogP contribution in [0.3, 0.4) is 0 Å². The molecule has 0 amide bonds. The number of rotatable bonds is 6. The highest BCUT2D eigenvalue weighted by atomic mass is 15.0. The van der Waals surface area contributed by atoms with Gasteiger partial charge in [-0.1, -0.05) is 164 Å². The van der Waals surface area contributed by atoms with Gasteiger partial charge in [0.05, 0.1) is 22.1 Å². The van der Waals surface area contributed by atoms with Crippen LogP contribution in [0.15, 0.2) is 212 Å². The van der Waals surface area contributed by atoms with Crippen LogP contribution in [0, 0.1) is 0 Å². The summed E-state index contributed by atoms with van der Waals surface area (Å²) in [6.45, 7) is 0. The molecule has 0 saturated heterocycles. The normalized spacial score (nSPS) is 11.7. The van der Waals surface area contributed by atoms with Gasteiger partial charge in [-0.3, -0.25) is 0 Å². The van der Waals surface area contributed by atoms with Gasteiger partial charge in [-0.2, -0.15) is 0 Å². The van der Waals surface area contributed by atoms with Crippen molar-refractivity contribution >= 4 is 54.4 Å². The van der Waals surface area contributed by atoms with Crippen LogP contribution in [0.5, 0.6) is 0 Å². The predicted molar refractivity (Wildman–Crippen MR) is 248 cm³/mol. The zero-order valence-corrected chi connectivity index (χ0v) is 32.4. The molecule has 0 aliphatic rings. The fourth-order valence-electron chi connectivity index (χ4n) is 8.94. The minimum atomic E-state index is 0.639. The fraction of sp³-hybridized carbons (Fsp3) is 0. The van der Waals surface area contributed by atoms with Gasteiger partial charge in [0, 0.05) is 49.6 Å². The molecule has 60 heavy (non-hydrogen) atoms. The third-order valence-electron chi connectivity index (χ3n) is 11.8. The molecular formula is C55H35N5. The predicted octanol–water partition coefficient (Wildman–Crippen LogP) is 13.9. The first-order valence-electron chi connectivity index (χ1n) is 20.3. The summed E-state index contributed by atoms with van der Waals surface area (Å²) in [6, 6.07) is 75.1. The highest BCUT2D eigenvalue weighted by Gasteiger charge is 2.19. The Morgan fingerprint density at radius 2 is 0.717 bits per heavy atom. The summed E-state index contributed by atoms with van der Waals surface area (Å²) < 4.78 is 4.80. The number of fused-ring (bicyclic) bond motifs is 7. The Kier molecular flexibility index (Phi) is 7.78. The van der Waals surface area contributed by atoms with E-state index in [1.165, 1.54) is 43.6 Å². The van der Waals surface area contributed by atoms with Crippen molar-refractivity contribution in [2.24, 2.45) is 0 Å². The SMILES string of the molecule is c1ccc(-c2nc(-c3ccc(-c4ccc(-n5c6ccccc6c6cc7c8ccccc8n(-c8ccccc8)c7cc65)cc4)cc3)nc(-c3cccc4ccccc34)n2)cc1. The zero-order valence-electron chi connectivity index (χ0n) is 32.4. The lowest BCUT2D eigenvalue weighted by Gasteiger charge is -2.12. The summed E-state index contributed by atoms with van der Waals surface area (Å²) in [6.07, 6.45) is 0. The van der Waals surface area contributed by atoms with Gasteiger partial charge in [0.15, 0.2) is 17.5 Å². The largest absolute Gasteiger partial charge is 0.309 e. The highest BCUT2D eigenvalue weighted by Crippen LogP contribution is 2.40. The molecule has 0 atom stereocenters. The second-order valence-corrected chi connectivity index (χ2v) is 15.3. The molecule has 12 rings (SSSR count). The van der Waals surface area contributed by atoms with E-state index in [1.807, 2.05) is 30.3 Å². The van der Waals surface area contributed by atoms with Crippen LogP contribution in [0.1, 0.15) is 0 Å². The molecule has 280 valence electrons. The van der Waals surface area contributed by atoms with E-state index < -0.39 is 0 Å². The standard InChI is InChI=1S/C55H35N5/c1-3-15-39(16-4-1)53-56-54(58-55(57-53)46-23-13-17-38-14-7-8-20-43(38)46)40-28-26-36(27-29-40)37-30-32-42(33-31-37)60-50-25-12-10-22-45(50)48-34-47-44-21-9-11-24-49(44)59(51(47)35-52(48)60)41-18-5-2-6-19-41/h1-35H. The van der Waals surface area contributed by atoms with Crippen molar-refractivity contribution in [1.29, 1.82) is 0 Å². The lowest BCUT2D eigenvalue weighted by Crippen LogP contribution is -2.00. The second-order valence-electron chi connectivity index (χ2n) is 15.3. The van der Waals surface area contributed by atoms with Gasteiger partial charge in [0.1, 0.15) is 0 Å². The summed E-state index contributed by atoms with van der Waals surface area (Å²) in [4.78, 5) is 15.1. The van der Waals surface area contributed by atoms with E-state index in [1.54, 1.807) is 0 Å². The molecule has 0 bridgehead atoms. The first-order chi connectivity index (χ1) is 29.7. The molecule has 0 saturated carbocycles. The average Bonchev–Trinajstić information content (AvgIpc) is 3.83. The van der Waals surface area contributed by atoms with E-state index in [0.29, 0.717) is 17.5 Å². The molecular weight excluding hydrogens is 731 g/mol. The molecule has 0 aliphatic heterocycles. The summed E-state index contributed by atoms with van der Waals surface area (Å²) >= 11 is 0. The van der Waals surface area contributed by atoms with Crippen molar-refractivity contribution in [3.8, 4) is 56.7 Å². The molecule has 0 unspecified atom stereocenters. The Morgan fingerprint density at radius 3 is 1.35 bits per heavy atom. The van der Waals surface area contributed by atoms with Gasteiger partial charge in [-0.05, 0) is 70.4 Å². The monoisotopic (exact) mass is 765 g/mol. The number of benzene rings is 9. The quantitative estimate of drug-likeness (QED) is 0.169. The Labute approximate surface area is 346 Å². The third-order valence-corrected chi connectivity index (χ3v) is 11.8. The smallest absolute Gasteiger partial charge is 0.164 e. The molecule has 0 N–H and O–H groups in total. The van der Waals surface area contributed by atoms with E-state index in [2.05, 4.69) is 191 Å². The highest BCUT2D eigenvalue weighted by molar-refractivity contribution is 6.19. The maximum absolute atomic E-state index is 5.07. The molecule has 0 aliphatic carbocycles. The van der Waals surface area contributed by atoms with E-state index in [4.69, 9.17) is 15.0 Å². The number of hydrogen-bond acceptors (Lipinski definition) is 3. The Morgan fingerprint density at radius 1 is 0.267 bits per heavy atom. The molecule has 0 radical (unpaired) electrons. The van der Waals surface area contributed by atoms with Crippen LogP contribution in [0.2, 0.25) is 0 Å². The van der Waals surface area contributed by atoms with Crippen LogP contribution >= 0.6 is 0 Å². The zero-order chi connectivity index (χ0) is 39.6. The van der Waals surface area contributed by atoms with Crippen LogP contribution in [-0.4, -0.2) is 24.1 Å². The maximum Gasteiger partial charge on any atom is 0.164 e. The minimum absolute atomic E-state index is 0.639. The van der Waals surface area contributed by atoms with Crippen molar-refractivity contribution < 1.29 is 0 Å². The minimum Gasteiger partial charge on any atom is -0.309 e. The van der Waals surface area contributed by atoms with Crippen molar-refractivity contribution in [3.63, 3.8) is 0 Å². The molecule has 5 nitrogen and oxygen atoms in total. The lowest BCUT2D eigenvalue weighted by molar-refractivity contribution is 1.08. The van der Waals surface area contributed by atoms with Crippen molar-refractivity contribution in [2.45, 2.75) is 0 Å².